The first-order chi connectivity index (χ1) is 20.0. The Morgan fingerprint density at radius 1 is 1.10 bits per heavy atom. The third-order valence-corrected chi connectivity index (χ3v) is 7.55. The molecule has 224 valence electrons. The average Bonchev–Trinajstić information content (AvgIpc) is 3.36. The number of carbonyl (C=O) groups is 2. The Labute approximate surface area is 248 Å². The summed E-state index contributed by atoms with van der Waals surface area (Å²) < 4.78 is 1.95. The minimum atomic E-state index is -0.472. The van der Waals surface area contributed by atoms with Crippen LogP contribution in [0.4, 0.5) is 5.82 Å². The molecule has 2 amide bonds. The van der Waals surface area contributed by atoms with Crippen LogP contribution < -0.4 is 16.4 Å². The molecule has 3 aromatic rings. The minimum Gasteiger partial charge on any atom is -0.508 e. The monoisotopic (exact) mass is 572 g/mol. The molecule has 9 heteroatoms. The Morgan fingerprint density at radius 2 is 1.81 bits per heavy atom. The molecule has 0 saturated heterocycles. The van der Waals surface area contributed by atoms with Crippen molar-refractivity contribution < 1.29 is 14.7 Å². The zero-order valence-corrected chi connectivity index (χ0v) is 25.2. The standard InChI is InChI=1S/C33H44N6O3/c1-33(2,3)25-9-11-27(12-10-25)39-31(22-29(37-39)24-15-18-38(4)19-16-24)35-17-5-6-32(42)36-26(21-30(34)41)20-23-7-13-28(40)14-8-23/h7-15,22,26,35,40H,5-6,16-21H2,1-4H3,(H2,34,41)(H,36,42). The van der Waals surface area contributed by atoms with E-state index < -0.39 is 11.9 Å². The summed E-state index contributed by atoms with van der Waals surface area (Å²) >= 11 is 0. The first-order valence-electron chi connectivity index (χ1n) is 14.7. The lowest BCUT2D eigenvalue weighted by Gasteiger charge is -2.20. The zero-order chi connectivity index (χ0) is 30.3. The van der Waals surface area contributed by atoms with E-state index in [0.29, 0.717) is 25.8 Å². The van der Waals surface area contributed by atoms with Gasteiger partial charge in [-0.15, -0.1) is 0 Å². The number of likely N-dealkylation sites (N-methyl/N-ethyl adjacent to an activating group) is 1. The summed E-state index contributed by atoms with van der Waals surface area (Å²) in [6.07, 6.45) is 4.60. The highest BCUT2D eigenvalue weighted by Gasteiger charge is 2.19. The van der Waals surface area contributed by atoms with Crippen molar-refractivity contribution in [3.63, 3.8) is 0 Å². The van der Waals surface area contributed by atoms with E-state index in [0.717, 1.165) is 42.3 Å². The van der Waals surface area contributed by atoms with Gasteiger partial charge in [0, 0.05) is 44.6 Å². The number of nitrogens with zero attached hydrogens (tertiary/aromatic N) is 3. The van der Waals surface area contributed by atoms with Crippen LogP contribution in [0.3, 0.4) is 0 Å². The number of primary amides is 1. The Kier molecular flexibility index (Phi) is 10.1. The maximum Gasteiger partial charge on any atom is 0.220 e. The van der Waals surface area contributed by atoms with Crippen LogP contribution >= 0.6 is 0 Å². The lowest BCUT2D eigenvalue weighted by molar-refractivity contribution is -0.122. The van der Waals surface area contributed by atoms with Crippen molar-refractivity contribution in [1.29, 1.82) is 0 Å². The molecule has 5 N–H and O–H groups in total. The van der Waals surface area contributed by atoms with E-state index in [1.807, 2.05) is 4.68 Å². The van der Waals surface area contributed by atoms with Gasteiger partial charge in [-0.3, -0.25) is 9.59 Å². The number of aromatic nitrogens is 2. The molecule has 0 radical (unpaired) electrons. The summed E-state index contributed by atoms with van der Waals surface area (Å²) in [5.41, 5.74) is 10.8. The summed E-state index contributed by atoms with van der Waals surface area (Å²) in [5.74, 6) is 0.443. The summed E-state index contributed by atoms with van der Waals surface area (Å²) in [6, 6.07) is 16.9. The highest BCUT2D eigenvalue weighted by molar-refractivity contribution is 5.79. The van der Waals surface area contributed by atoms with E-state index in [9.17, 15) is 14.7 Å². The second kappa shape index (κ2) is 13.7. The van der Waals surface area contributed by atoms with Crippen LogP contribution in [0.1, 0.15) is 63.3 Å². The maximum absolute atomic E-state index is 12.8. The second-order valence-electron chi connectivity index (χ2n) is 12.2. The van der Waals surface area contributed by atoms with Crippen LogP contribution in [-0.4, -0.2) is 64.3 Å². The molecule has 9 nitrogen and oxygen atoms in total. The fourth-order valence-corrected chi connectivity index (χ4v) is 5.07. The first kappa shape index (κ1) is 30.8. The van der Waals surface area contributed by atoms with E-state index >= 15 is 0 Å². The number of aromatic hydroxyl groups is 1. The number of benzene rings is 2. The molecule has 2 aromatic carbocycles. The number of nitrogens with one attached hydrogen (secondary N) is 2. The molecule has 0 aliphatic carbocycles. The van der Waals surface area contributed by atoms with Gasteiger partial charge < -0.3 is 26.4 Å². The highest BCUT2D eigenvalue weighted by atomic mass is 16.3. The molecule has 0 saturated carbocycles. The topological polar surface area (TPSA) is 126 Å². The normalized spacial score (nSPS) is 14.7. The first-order valence-corrected chi connectivity index (χ1v) is 14.7. The summed E-state index contributed by atoms with van der Waals surface area (Å²) in [7, 11) is 2.12. The van der Waals surface area contributed by atoms with Crippen molar-refractivity contribution in [2.75, 3.05) is 32.0 Å². The Bertz CT molecular complexity index is 1390. The van der Waals surface area contributed by atoms with Gasteiger partial charge in [-0.1, -0.05) is 51.1 Å². The molecular weight excluding hydrogens is 528 g/mol. The van der Waals surface area contributed by atoms with E-state index in [-0.39, 0.29) is 23.5 Å². The Balaban J connectivity index is 1.40. The number of carbonyl (C=O) groups excluding carboxylic acids is 2. The van der Waals surface area contributed by atoms with Gasteiger partial charge in [0.1, 0.15) is 11.6 Å². The lowest BCUT2D eigenvalue weighted by atomic mass is 9.87. The van der Waals surface area contributed by atoms with Gasteiger partial charge in [0.15, 0.2) is 0 Å². The van der Waals surface area contributed by atoms with Crippen LogP contribution in [0.5, 0.6) is 5.75 Å². The van der Waals surface area contributed by atoms with Crippen LogP contribution in [0, 0.1) is 0 Å². The number of hydrogen-bond donors (Lipinski definition) is 4. The fraction of sp³-hybridized carbons (Fsp3) is 0.424. The van der Waals surface area contributed by atoms with E-state index in [2.05, 4.69) is 79.8 Å². The summed E-state index contributed by atoms with van der Waals surface area (Å²) in [6.45, 7) is 9.09. The number of nitrogens with two attached hydrogens (primary N) is 1. The van der Waals surface area contributed by atoms with Crippen LogP contribution in [-0.2, 0) is 21.4 Å². The summed E-state index contributed by atoms with van der Waals surface area (Å²) in [4.78, 5) is 26.7. The number of phenolic OH excluding ortho intramolecular Hbond substituents is 1. The van der Waals surface area contributed by atoms with Crippen molar-refractivity contribution in [2.24, 2.45) is 5.73 Å². The van der Waals surface area contributed by atoms with E-state index in [4.69, 9.17) is 10.8 Å². The fourth-order valence-electron chi connectivity index (χ4n) is 5.07. The molecule has 2 heterocycles. The van der Waals surface area contributed by atoms with Crippen molar-refractivity contribution >= 4 is 23.2 Å². The number of rotatable bonds is 12. The zero-order valence-electron chi connectivity index (χ0n) is 25.2. The SMILES string of the molecule is CN1CC=C(c2cc(NCCCC(=O)NC(CC(N)=O)Cc3ccc(O)cc3)n(-c3ccc(C(C)(C)C)cc3)n2)CC1. The average molecular weight is 573 g/mol. The predicted octanol–water partition coefficient (Wildman–Crippen LogP) is 4.39. The molecule has 4 rings (SSSR count). The van der Waals surface area contributed by atoms with Gasteiger partial charge >= 0.3 is 0 Å². The lowest BCUT2D eigenvalue weighted by Crippen LogP contribution is -2.39. The van der Waals surface area contributed by atoms with Crippen molar-refractivity contribution in [2.45, 2.75) is 64.3 Å². The van der Waals surface area contributed by atoms with Crippen LogP contribution in [0.2, 0.25) is 0 Å². The van der Waals surface area contributed by atoms with Crippen molar-refractivity contribution in [3.05, 3.63) is 77.5 Å². The minimum absolute atomic E-state index is 0.0481. The van der Waals surface area contributed by atoms with Crippen molar-refractivity contribution in [1.82, 2.24) is 20.0 Å². The maximum atomic E-state index is 12.8. The molecule has 0 bridgehead atoms. The molecule has 1 aromatic heterocycles. The molecule has 1 aliphatic heterocycles. The largest absolute Gasteiger partial charge is 0.508 e. The van der Waals surface area contributed by atoms with Crippen molar-refractivity contribution in [3.8, 4) is 11.4 Å². The van der Waals surface area contributed by atoms with Gasteiger partial charge in [-0.25, -0.2) is 4.68 Å². The van der Waals surface area contributed by atoms with E-state index in [1.165, 1.54) is 11.1 Å². The third-order valence-electron chi connectivity index (χ3n) is 7.55. The van der Waals surface area contributed by atoms with Crippen LogP contribution in [0.15, 0.2) is 60.7 Å². The molecule has 42 heavy (non-hydrogen) atoms. The predicted molar refractivity (Wildman–Crippen MR) is 168 cm³/mol. The number of amides is 2. The molecule has 0 fully saturated rings. The molecule has 0 spiro atoms. The highest BCUT2D eigenvalue weighted by Crippen LogP contribution is 2.28. The van der Waals surface area contributed by atoms with Gasteiger partial charge in [-0.2, -0.15) is 5.10 Å². The number of hydrogen-bond acceptors (Lipinski definition) is 6. The van der Waals surface area contributed by atoms with Crippen LogP contribution in [0.25, 0.3) is 11.3 Å². The summed E-state index contributed by atoms with van der Waals surface area (Å²) in [5, 5.41) is 21.0. The number of phenols is 1. The quantitative estimate of drug-likeness (QED) is 0.239. The molecule has 1 unspecified atom stereocenters. The Hall–Kier alpha value is -4.11. The molecule has 1 atom stereocenters. The van der Waals surface area contributed by atoms with Gasteiger partial charge in [0.05, 0.1) is 11.4 Å². The van der Waals surface area contributed by atoms with Gasteiger partial charge in [0.25, 0.3) is 0 Å². The number of anilines is 1. The van der Waals surface area contributed by atoms with E-state index in [1.54, 1.807) is 24.3 Å². The second-order valence-corrected chi connectivity index (χ2v) is 12.2. The molecular formula is C33H44N6O3. The van der Waals surface area contributed by atoms with Gasteiger partial charge in [-0.05, 0) is 72.7 Å². The Morgan fingerprint density at radius 3 is 2.43 bits per heavy atom. The molecule has 1 aliphatic rings. The smallest absolute Gasteiger partial charge is 0.220 e. The van der Waals surface area contributed by atoms with Gasteiger partial charge in [0.2, 0.25) is 11.8 Å². The third kappa shape index (κ3) is 8.69.